The van der Waals surface area contributed by atoms with Crippen molar-refractivity contribution in [3.63, 3.8) is 0 Å². The predicted molar refractivity (Wildman–Crippen MR) is 83.2 cm³/mol. The normalized spacial score (nSPS) is 8.95. The molecule has 0 N–H and O–H groups in total. The van der Waals surface area contributed by atoms with Crippen LogP contribution in [0.4, 0.5) is 0 Å². The molecule has 0 atom stereocenters. The van der Waals surface area contributed by atoms with Crippen molar-refractivity contribution < 1.29 is 33.0 Å². The third-order valence-corrected chi connectivity index (χ3v) is 3.10. The molecule has 2 aromatic rings. The van der Waals surface area contributed by atoms with Crippen molar-refractivity contribution in [3.05, 3.63) is 71.8 Å². The third-order valence-electron chi connectivity index (χ3n) is 2.10. The number of hydrogen-bond acceptors (Lipinski definition) is 0. The zero-order valence-electron chi connectivity index (χ0n) is 9.85. The summed E-state index contributed by atoms with van der Waals surface area (Å²) in [5.74, 6) is 4.51. The molecule has 0 radical (unpaired) electrons. The Bertz CT molecular complexity index is 456. The number of halogens is 2. The van der Waals surface area contributed by atoms with Crippen molar-refractivity contribution in [3.8, 4) is 0 Å². The summed E-state index contributed by atoms with van der Waals surface area (Å²) in [6.07, 6.45) is 0. The van der Waals surface area contributed by atoms with E-state index in [9.17, 15) is 0 Å². The molecule has 0 saturated heterocycles. The van der Waals surface area contributed by atoms with Crippen molar-refractivity contribution in [1.82, 2.24) is 0 Å². The van der Waals surface area contributed by atoms with E-state index < -0.39 is 0 Å². The van der Waals surface area contributed by atoms with Gasteiger partial charge < -0.3 is 0 Å². The standard InChI is InChI=1S/C14H13P.2ClH.Fe.Pd/c1-3-7-13(8-4-1)11-15-12-14-9-5-2-6-10-14;;;;/h1-12,15H;2*1H;;/q;;;;+2/p-2. The molecule has 0 bridgehead atoms. The molecular formula is C14H13Cl2FePPd. The minimum absolute atomic E-state index is 0. The van der Waals surface area contributed by atoms with Gasteiger partial charge in [-0.15, -0.1) is 7.83 Å². The van der Waals surface area contributed by atoms with Crippen molar-refractivity contribution in [1.29, 1.82) is 0 Å². The summed E-state index contributed by atoms with van der Waals surface area (Å²) in [5.41, 5.74) is 2.59. The van der Waals surface area contributed by atoms with Crippen molar-refractivity contribution in [2.24, 2.45) is 0 Å². The van der Waals surface area contributed by atoms with Crippen molar-refractivity contribution in [2.75, 3.05) is 0 Å². The summed E-state index contributed by atoms with van der Waals surface area (Å²) in [6.45, 7) is 0. The van der Waals surface area contributed by atoms with E-state index in [2.05, 4.69) is 60.1 Å². The molecule has 5 heteroatoms. The monoisotopic (exact) mass is 444 g/mol. The van der Waals surface area contributed by atoms with Gasteiger partial charge in [0.05, 0.1) is 0 Å². The van der Waals surface area contributed by atoms with E-state index in [1.807, 2.05) is 12.1 Å². The maximum Gasteiger partial charge on any atom is 0 e. The van der Waals surface area contributed by atoms with E-state index in [0.29, 0.717) is 0 Å². The van der Waals surface area contributed by atoms with E-state index in [-0.39, 0.29) is 33.0 Å². The third kappa shape index (κ3) is 9.73. The topological polar surface area (TPSA) is 0 Å². The van der Waals surface area contributed by atoms with E-state index >= 15 is 0 Å². The SMILES string of the molecule is C(=[PH]=Cc1ccccc1)c1ccccc1.[Cl][Pd][Cl].[Fe]. The van der Waals surface area contributed by atoms with Gasteiger partial charge in [-0.3, -0.25) is 0 Å². The maximum absolute atomic E-state index is 4.81. The molecule has 2 aromatic carbocycles. The average molecular weight is 445 g/mol. The quantitative estimate of drug-likeness (QED) is 0.463. The molecule has 0 heterocycles. The second-order valence-corrected chi connectivity index (χ2v) is 6.59. The molecular weight excluding hydrogens is 432 g/mol. The Balaban J connectivity index is 0.000000742. The van der Waals surface area contributed by atoms with Gasteiger partial charge in [-0.25, -0.2) is 0 Å². The molecule has 0 aliphatic rings. The van der Waals surface area contributed by atoms with Crippen LogP contribution in [-0.4, -0.2) is 11.6 Å². The first-order chi connectivity index (χ1) is 8.86. The van der Waals surface area contributed by atoms with Gasteiger partial charge in [0.25, 0.3) is 0 Å². The fraction of sp³-hybridized carbons (Fsp3) is 0. The van der Waals surface area contributed by atoms with Crippen LogP contribution in [0.2, 0.25) is 0 Å². The maximum atomic E-state index is 4.81. The van der Waals surface area contributed by atoms with Crippen LogP contribution in [0.5, 0.6) is 0 Å². The van der Waals surface area contributed by atoms with Gasteiger partial charge in [-0.2, -0.15) is 0 Å². The van der Waals surface area contributed by atoms with E-state index in [4.69, 9.17) is 19.1 Å². The Morgan fingerprint density at radius 3 is 1.37 bits per heavy atom. The Hall–Kier alpha value is 0.242. The summed E-state index contributed by atoms with van der Waals surface area (Å²) >= 11 is -0.106. The zero-order valence-corrected chi connectivity index (χ0v) is 15.0. The van der Waals surface area contributed by atoms with E-state index in [1.165, 1.54) is 11.1 Å². The molecule has 0 aliphatic carbocycles. The van der Waals surface area contributed by atoms with Crippen LogP contribution >= 0.6 is 26.9 Å². The molecule has 0 saturated carbocycles. The number of hydrogen-bond donors (Lipinski definition) is 0. The van der Waals surface area contributed by atoms with Crippen LogP contribution in [0.15, 0.2) is 60.7 Å². The Kier molecular flexibility index (Phi) is 13.4. The smallest absolute Gasteiger partial charge is 0 e. The van der Waals surface area contributed by atoms with Crippen molar-refractivity contribution >= 4 is 38.5 Å². The minimum Gasteiger partial charge on any atom is 0 e. The Labute approximate surface area is 142 Å². The Morgan fingerprint density at radius 1 is 0.737 bits per heavy atom. The summed E-state index contributed by atoms with van der Waals surface area (Å²) in [7, 11) is 10.4. The fourth-order valence-electron chi connectivity index (χ4n) is 1.33. The summed E-state index contributed by atoms with van der Waals surface area (Å²) in [5, 5.41) is 0. The van der Waals surface area contributed by atoms with Crippen LogP contribution in [0.3, 0.4) is 0 Å². The second-order valence-electron chi connectivity index (χ2n) is 3.32. The van der Waals surface area contributed by atoms with Gasteiger partial charge in [0.1, 0.15) is 0 Å². The summed E-state index contributed by atoms with van der Waals surface area (Å²) < 4.78 is 0. The first kappa shape index (κ1) is 19.2. The zero-order chi connectivity index (χ0) is 13.1. The van der Waals surface area contributed by atoms with Crippen LogP contribution in [-0.2, 0) is 33.0 Å². The number of rotatable bonds is 2. The van der Waals surface area contributed by atoms with E-state index in [1.54, 1.807) is 0 Å². The molecule has 0 spiro atoms. The van der Waals surface area contributed by atoms with Gasteiger partial charge in [0, 0.05) is 17.1 Å². The Morgan fingerprint density at radius 2 is 1.05 bits per heavy atom. The molecule has 0 nitrogen and oxygen atoms in total. The van der Waals surface area contributed by atoms with Gasteiger partial charge in [0.2, 0.25) is 0 Å². The largest absolute Gasteiger partial charge is 0 e. The first-order valence-electron chi connectivity index (χ1n) is 5.22. The fourth-order valence-corrected chi connectivity index (χ4v) is 2.19. The molecule has 106 valence electrons. The van der Waals surface area contributed by atoms with Crippen LogP contribution in [0.1, 0.15) is 11.1 Å². The predicted octanol–water partition coefficient (Wildman–Crippen LogP) is 4.74. The van der Waals surface area contributed by atoms with Gasteiger partial charge in [0.15, 0.2) is 0 Å². The summed E-state index contributed by atoms with van der Waals surface area (Å²) in [6, 6.07) is 20.9. The van der Waals surface area contributed by atoms with Crippen LogP contribution < -0.4 is 0 Å². The molecule has 0 aromatic heterocycles. The molecule has 0 aliphatic heterocycles. The van der Waals surface area contributed by atoms with Gasteiger partial charge in [-0.05, 0) is 22.7 Å². The van der Waals surface area contributed by atoms with Crippen LogP contribution in [0.25, 0.3) is 0 Å². The van der Waals surface area contributed by atoms with Gasteiger partial charge in [-0.1, -0.05) is 60.7 Å². The van der Waals surface area contributed by atoms with E-state index in [0.717, 1.165) is 7.83 Å². The molecule has 0 fully saturated rings. The van der Waals surface area contributed by atoms with Crippen molar-refractivity contribution in [2.45, 2.75) is 0 Å². The molecule has 2 rings (SSSR count). The first-order valence-corrected chi connectivity index (χ1v) is 10.4. The molecule has 0 amide bonds. The van der Waals surface area contributed by atoms with Crippen LogP contribution in [0, 0.1) is 0 Å². The molecule has 19 heavy (non-hydrogen) atoms. The average Bonchev–Trinajstić information content (AvgIpc) is 2.42. The van der Waals surface area contributed by atoms with Gasteiger partial charge >= 0.3 is 35.0 Å². The molecule has 0 unspecified atom stereocenters. The second kappa shape index (κ2) is 13.2. The summed E-state index contributed by atoms with van der Waals surface area (Å²) in [4.78, 5) is 0. The number of benzene rings is 2. The minimum atomic E-state index is -0.106.